The highest BCUT2D eigenvalue weighted by Crippen LogP contribution is 2.40. The lowest BCUT2D eigenvalue weighted by Gasteiger charge is -2.33. The quantitative estimate of drug-likeness (QED) is 0.615. The van der Waals surface area contributed by atoms with Crippen LogP contribution in [0.3, 0.4) is 0 Å². The molecule has 0 saturated heterocycles. The Labute approximate surface area is 94.5 Å². The molecule has 0 aromatic carbocycles. The Kier molecular flexibility index (Phi) is 3.66. The van der Waals surface area contributed by atoms with E-state index in [9.17, 15) is 0 Å². The summed E-state index contributed by atoms with van der Waals surface area (Å²) >= 11 is 0. The van der Waals surface area contributed by atoms with E-state index in [2.05, 4.69) is 26.0 Å². The fourth-order valence-electron chi connectivity index (χ4n) is 3.09. The molecule has 0 spiro atoms. The molecule has 0 amide bonds. The minimum absolute atomic E-state index is 0.909. The van der Waals surface area contributed by atoms with Gasteiger partial charge in [-0.15, -0.1) is 0 Å². The van der Waals surface area contributed by atoms with Gasteiger partial charge in [-0.05, 0) is 44.4 Å². The van der Waals surface area contributed by atoms with Crippen molar-refractivity contribution in [3.05, 3.63) is 23.3 Å². The number of unbranched alkanes of at least 4 members (excludes halogenated alkanes) is 1. The number of allylic oxidation sites excluding steroid dienone is 4. The van der Waals surface area contributed by atoms with Gasteiger partial charge in [0, 0.05) is 0 Å². The smallest absolute Gasteiger partial charge is 0.0165 e. The van der Waals surface area contributed by atoms with E-state index in [1.807, 2.05) is 0 Å². The van der Waals surface area contributed by atoms with Crippen LogP contribution in [0.4, 0.5) is 0 Å². The molecule has 0 N–H and O–H groups in total. The third kappa shape index (κ3) is 2.74. The Morgan fingerprint density at radius 1 is 1.33 bits per heavy atom. The molecule has 0 nitrogen and oxygen atoms in total. The topological polar surface area (TPSA) is 0 Å². The lowest BCUT2D eigenvalue weighted by atomic mass is 9.73. The highest BCUT2D eigenvalue weighted by atomic mass is 14.3. The van der Waals surface area contributed by atoms with Crippen molar-refractivity contribution in [1.82, 2.24) is 0 Å². The fraction of sp³-hybridized carbons (Fsp3) is 0.733. The molecule has 0 bridgehead atoms. The first kappa shape index (κ1) is 11.0. The van der Waals surface area contributed by atoms with Crippen molar-refractivity contribution in [2.75, 3.05) is 0 Å². The van der Waals surface area contributed by atoms with Crippen LogP contribution in [0.5, 0.6) is 0 Å². The second-order valence-corrected chi connectivity index (χ2v) is 5.39. The van der Waals surface area contributed by atoms with E-state index < -0.39 is 0 Å². The van der Waals surface area contributed by atoms with E-state index >= 15 is 0 Å². The molecule has 0 aliphatic heterocycles. The summed E-state index contributed by atoms with van der Waals surface area (Å²) in [7, 11) is 0. The average molecular weight is 204 g/mol. The zero-order chi connectivity index (χ0) is 10.7. The summed E-state index contributed by atoms with van der Waals surface area (Å²) in [4.78, 5) is 0. The van der Waals surface area contributed by atoms with Gasteiger partial charge in [0.25, 0.3) is 0 Å². The average Bonchev–Trinajstić information content (AvgIpc) is 2.25. The summed E-state index contributed by atoms with van der Waals surface area (Å²) in [5, 5.41) is 0. The Hall–Kier alpha value is -0.520. The Bertz CT molecular complexity index is 270. The maximum Gasteiger partial charge on any atom is -0.0165 e. The Morgan fingerprint density at radius 2 is 2.20 bits per heavy atom. The summed E-state index contributed by atoms with van der Waals surface area (Å²) in [6.45, 7) is 4.55. The van der Waals surface area contributed by atoms with Gasteiger partial charge in [-0.1, -0.05) is 49.5 Å². The van der Waals surface area contributed by atoms with E-state index in [0.717, 1.165) is 11.8 Å². The maximum absolute atomic E-state index is 2.46. The summed E-state index contributed by atoms with van der Waals surface area (Å²) in [6, 6.07) is 0. The van der Waals surface area contributed by atoms with Gasteiger partial charge < -0.3 is 0 Å². The molecule has 2 unspecified atom stereocenters. The highest BCUT2D eigenvalue weighted by molar-refractivity contribution is 5.29. The van der Waals surface area contributed by atoms with Crippen molar-refractivity contribution in [3.63, 3.8) is 0 Å². The summed E-state index contributed by atoms with van der Waals surface area (Å²) in [6.07, 6.45) is 14.8. The van der Waals surface area contributed by atoms with Gasteiger partial charge in [0.2, 0.25) is 0 Å². The molecule has 0 aromatic heterocycles. The van der Waals surface area contributed by atoms with Crippen LogP contribution in [0.15, 0.2) is 23.3 Å². The lowest BCUT2D eigenvalue weighted by Crippen LogP contribution is -2.19. The highest BCUT2D eigenvalue weighted by Gasteiger charge is 2.25. The van der Waals surface area contributed by atoms with E-state index in [-0.39, 0.29) is 0 Å². The number of fused-ring (bicyclic) bond motifs is 1. The second-order valence-electron chi connectivity index (χ2n) is 5.39. The first-order valence-electron chi connectivity index (χ1n) is 6.66. The van der Waals surface area contributed by atoms with Crippen LogP contribution < -0.4 is 0 Å². The Morgan fingerprint density at radius 3 is 3.00 bits per heavy atom. The maximum atomic E-state index is 2.46. The van der Waals surface area contributed by atoms with Gasteiger partial charge in [-0.3, -0.25) is 0 Å². The van der Waals surface area contributed by atoms with Crippen LogP contribution in [0, 0.1) is 11.8 Å². The lowest BCUT2D eigenvalue weighted by molar-refractivity contribution is 0.325. The van der Waals surface area contributed by atoms with Crippen LogP contribution in [-0.2, 0) is 0 Å². The zero-order valence-corrected chi connectivity index (χ0v) is 10.3. The largest absolute Gasteiger partial charge is 0.0810 e. The number of hydrogen-bond donors (Lipinski definition) is 0. The van der Waals surface area contributed by atoms with E-state index in [1.165, 1.54) is 50.5 Å². The molecule has 0 heteroatoms. The van der Waals surface area contributed by atoms with E-state index in [0.29, 0.717) is 0 Å². The normalized spacial score (nSPS) is 30.5. The molecule has 1 saturated carbocycles. The molecule has 84 valence electrons. The van der Waals surface area contributed by atoms with E-state index in [1.54, 1.807) is 5.57 Å². The first-order valence-corrected chi connectivity index (χ1v) is 6.66. The predicted molar refractivity (Wildman–Crippen MR) is 66.8 cm³/mol. The monoisotopic (exact) mass is 204 g/mol. The van der Waals surface area contributed by atoms with Crippen LogP contribution in [-0.4, -0.2) is 0 Å². The van der Waals surface area contributed by atoms with Crippen LogP contribution >= 0.6 is 0 Å². The molecule has 15 heavy (non-hydrogen) atoms. The summed E-state index contributed by atoms with van der Waals surface area (Å²) in [5.74, 6) is 1.91. The molecular weight excluding hydrogens is 180 g/mol. The molecule has 2 aliphatic carbocycles. The molecule has 1 fully saturated rings. The molecule has 0 aromatic rings. The minimum Gasteiger partial charge on any atom is -0.0810 e. The van der Waals surface area contributed by atoms with Gasteiger partial charge in [-0.2, -0.15) is 0 Å². The van der Waals surface area contributed by atoms with Gasteiger partial charge in [0.15, 0.2) is 0 Å². The van der Waals surface area contributed by atoms with Crippen molar-refractivity contribution < 1.29 is 0 Å². The van der Waals surface area contributed by atoms with Crippen molar-refractivity contribution in [2.24, 2.45) is 11.8 Å². The molecule has 0 heterocycles. The van der Waals surface area contributed by atoms with Gasteiger partial charge >= 0.3 is 0 Å². The van der Waals surface area contributed by atoms with Crippen molar-refractivity contribution in [2.45, 2.75) is 58.8 Å². The third-order valence-electron chi connectivity index (χ3n) is 4.08. The fourth-order valence-corrected chi connectivity index (χ4v) is 3.09. The SMILES string of the molecule is CCCCC1CCC2CC=C(C)C=C2C1. The molecule has 2 atom stereocenters. The number of rotatable bonds is 3. The van der Waals surface area contributed by atoms with Crippen LogP contribution in [0.25, 0.3) is 0 Å². The predicted octanol–water partition coefficient (Wildman–Crippen LogP) is 4.87. The van der Waals surface area contributed by atoms with Gasteiger partial charge in [0.05, 0.1) is 0 Å². The molecule has 2 rings (SSSR count). The van der Waals surface area contributed by atoms with Gasteiger partial charge in [-0.25, -0.2) is 0 Å². The van der Waals surface area contributed by atoms with Crippen LogP contribution in [0.2, 0.25) is 0 Å². The van der Waals surface area contributed by atoms with E-state index in [4.69, 9.17) is 0 Å². The summed E-state index contributed by atoms with van der Waals surface area (Å²) in [5.41, 5.74) is 3.26. The van der Waals surface area contributed by atoms with Crippen molar-refractivity contribution >= 4 is 0 Å². The number of hydrogen-bond acceptors (Lipinski definition) is 0. The second kappa shape index (κ2) is 5.01. The summed E-state index contributed by atoms with van der Waals surface area (Å²) < 4.78 is 0. The first-order chi connectivity index (χ1) is 7.29. The Balaban J connectivity index is 1.93. The van der Waals surface area contributed by atoms with Gasteiger partial charge in [0.1, 0.15) is 0 Å². The minimum atomic E-state index is 0.909. The van der Waals surface area contributed by atoms with Crippen molar-refractivity contribution in [1.29, 1.82) is 0 Å². The van der Waals surface area contributed by atoms with Crippen LogP contribution in [0.1, 0.15) is 58.8 Å². The molecule has 0 radical (unpaired) electrons. The third-order valence-corrected chi connectivity index (χ3v) is 4.08. The van der Waals surface area contributed by atoms with Crippen molar-refractivity contribution in [3.8, 4) is 0 Å². The standard InChI is InChI=1S/C15H24/c1-3-4-5-13-7-9-14-8-6-12(2)10-15(14)11-13/h6,10,13-14H,3-5,7-9,11H2,1-2H3. The molecule has 2 aliphatic rings. The molecular formula is C15H24. The zero-order valence-electron chi connectivity index (χ0n) is 10.3.